The van der Waals surface area contributed by atoms with Crippen LogP contribution in [-0.2, 0) is 17.5 Å². The summed E-state index contributed by atoms with van der Waals surface area (Å²) in [7, 11) is 1.49. The number of tetrazole rings is 1. The van der Waals surface area contributed by atoms with Gasteiger partial charge < -0.3 is 19.9 Å². The summed E-state index contributed by atoms with van der Waals surface area (Å²) >= 11 is 0. The van der Waals surface area contributed by atoms with Gasteiger partial charge in [0.15, 0.2) is 0 Å². The molecule has 4 heterocycles. The van der Waals surface area contributed by atoms with Gasteiger partial charge in [-0.1, -0.05) is 60.7 Å². The molecule has 5 atom stereocenters. The Morgan fingerprint density at radius 2 is 1.75 bits per heavy atom. The lowest BCUT2D eigenvalue weighted by molar-refractivity contribution is -0.146. The summed E-state index contributed by atoms with van der Waals surface area (Å²) in [5.41, 5.74) is 2.97. The number of benzene rings is 3. The zero-order valence-electron chi connectivity index (χ0n) is 23.8. The van der Waals surface area contributed by atoms with E-state index in [2.05, 4.69) is 50.0 Å². The van der Waals surface area contributed by atoms with Crippen LogP contribution in [0.25, 0.3) is 5.69 Å². The summed E-state index contributed by atoms with van der Waals surface area (Å²) < 4.78 is 52.3. The molecule has 3 aromatic carbocycles. The second-order valence-electron chi connectivity index (χ2n) is 11.0. The number of alkyl halides is 3. The van der Waals surface area contributed by atoms with Crippen LogP contribution in [0.3, 0.4) is 0 Å². The van der Waals surface area contributed by atoms with Gasteiger partial charge >= 0.3 is 12.3 Å². The van der Waals surface area contributed by atoms with E-state index in [9.17, 15) is 23.1 Å². The fraction of sp³-hybridized carbons (Fsp3) is 0.355. The molecule has 3 fully saturated rings. The predicted octanol–water partition coefficient (Wildman–Crippen LogP) is 4.75. The number of methoxy groups -OCH3 is 1. The van der Waals surface area contributed by atoms with Crippen molar-refractivity contribution in [2.75, 3.05) is 20.2 Å². The van der Waals surface area contributed by atoms with E-state index < -0.39 is 24.3 Å². The van der Waals surface area contributed by atoms with Gasteiger partial charge in [-0.25, -0.2) is 4.79 Å². The number of nitrogens with one attached hydrogen (secondary N) is 1. The van der Waals surface area contributed by atoms with Gasteiger partial charge in [0.2, 0.25) is 0 Å². The summed E-state index contributed by atoms with van der Waals surface area (Å²) in [6, 6.07) is 24.6. The number of halogens is 3. The number of fused-ring (bicyclic) bond motifs is 3. The summed E-state index contributed by atoms with van der Waals surface area (Å²) in [4.78, 5) is 13.9. The topological polar surface area (TPSA) is 115 Å². The predicted molar refractivity (Wildman–Crippen MR) is 152 cm³/mol. The van der Waals surface area contributed by atoms with Crippen LogP contribution in [-0.4, -0.2) is 74.8 Å². The van der Waals surface area contributed by atoms with Crippen LogP contribution in [0.15, 0.2) is 78.9 Å². The molecule has 3 aliphatic heterocycles. The Morgan fingerprint density at radius 3 is 2.36 bits per heavy atom. The van der Waals surface area contributed by atoms with Gasteiger partial charge in [0.1, 0.15) is 11.9 Å². The third kappa shape index (κ3) is 5.84. The van der Waals surface area contributed by atoms with Crippen LogP contribution in [0.2, 0.25) is 0 Å². The Bertz CT molecular complexity index is 1550. The number of piperidine rings is 3. The lowest BCUT2D eigenvalue weighted by atomic mass is 9.69. The van der Waals surface area contributed by atoms with Gasteiger partial charge in [-0.05, 0) is 52.7 Å². The molecule has 0 radical (unpaired) electrons. The largest absolute Gasteiger partial charge is 0.506 e. The molecule has 0 saturated carbocycles. The minimum absolute atomic E-state index is 0.0488. The Morgan fingerprint density at radius 1 is 1.07 bits per heavy atom. The van der Waals surface area contributed by atoms with Crippen molar-refractivity contribution in [3.05, 3.63) is 101 Å². The second kappa shape index (κ2) is 12.2. The quantitative estimate of drug-likeness (QED) is 0.260. The Kier molecular flexibility index (Phi) is 8.23. The van der Waals surface area contributed by atoms with E-state index in [1.54, 1.807) is 12.1 Å². The number of ether oxygens (including phenoxy) is 2. The SMILES string of the molecule is COc1ccc(-n2nnnc2C(F)(F)F)cc1CN[C@H]1[C@@H]2CCN(C[C@@H]2OC(=O)O)[C@H]1C(c1ccccc1)c1ccccc1. The molecule has 2 bridgehead atoms. The third-order valence-electron chi connectivity index (χ3n) is 8.56. The van der Waals surface area contributed by atoms with Crippen molar-refractivity contribution in [3.63, 3.8) is 0 Å². The Balaban J connectivity index is 1.37. The first-order valence-corrected chi connectivity index (χ1v) is 14.2. The average molecular weight is 609 g/mol. The van der Waals surface area contributed by atoms with E-state index in [-0.39, 0.29) is 36.2 Å². The minimum atomic E-state index is -4.74. The smallest absolute Gasteiger partial charge is 0.496 e. The maximum Gasteiger partial charge on any atom is 0.506 e. The zero-order valence-corrected chi connectivity index (χ0v) is 23.8. The first-order valence-electron chi connectivity index (χ1n) is 14.2. The van der Waals surface area contributed by atoms with E-state index >= 15 is 0 Å². The number of nitrogens with zero attached hydrogens (tertiary/aromatic N) is 5. The highest BCUT2D eigenvalue weighted by atomic mass is 19.4. The molecular weight excluding hydrogens is 577 g/mol. The van der Waals surface area contributed by atoms with Crippen molar-refractivity contribution < 1.29 is 32.5 Å². The highest BCUT2D eigenvalue weighted by Gasteiger charge is 2.52. The minimum Gasteiger partial charge on any atom is -0.496 e. The summed E-state index contributed by atoms with van der Waals surface area (Å²) in [6.45, 7) is 1.47. The van der Waals surface area contributed by atoms with Gasteiger partial charge in [-0.3, -0.25) is 4.90 Å². The van der Waals surface area contributed by atoms with Crippen LogP contribution in [0, 0.1) is 5.92 Å². The van der Waals surface area contributed by atoms with Crippen LogP contribution in [0.1, 0.15) is 34.9 Å². The normalized spacial score (nSPS) is 23.1. The maximum absolute atomic E-state index is 13.6. The van der Waals surface area contributed by atoms with Gasteiger partial charge in [0.25, 0.3) is 5.82 Å². The number of hydrogen-bond donors (Lipinski definition) is 2. The van der Waals surface area contributed by atoms with Crippen LogP contribution in [0.4, 0.5) is 18.0 Å². The van der Waals surface area contributed by atoms with Gasteiger partial charge in [0.05, 0.1) is 12.8 Å². The fourth-order valence-electron chi connectivity index (χ4n) is 6.77. The fourth-order valence-corrected chi connectivity index (χ4v) is 6.77. The van der Waals surface area contributed by atoms with Crippen molar-refractivity contribution in [1.82, 2.24) is 30.4 Å². The molecule has 0 amide bonds. The molecule has 1 unspecified atom stereocenters. The average Bonchev–Trinajstić information content (AvgIpc) is 3.53. The van der Waals surface area contributed by atoms with E-state index in [0.717, 1.165) is 24.1 Å². The van der Waals surface area contributed by atoms with Crippen molar-refractivity contribution in [2.45, 2.75) is 43.2 Å². The van der Waals surface area contributed by atoms with Crippen LogP contribution < -0.4 is 10.1 Å². The monoisotopic (exact) mass is 608 g/mol. The molecular formula is C31H31F3N6O4. The standard InChI is InChI=1S/C31H31F3N6O4/c1-43-24-13-12-22(40-29(31(32,33)34)36-37-38-40)16-21(24)17-35-27-23-14-15-39(18-25(23)44-30(41)42)28(27)26(19-8-4-2-5-9-19)20-10-6-3-7-11-20/h2-13,16,23,25-28,35H,14-15,17-18H2,1H3,(H,41,42)/t23-,25+,27+,28+/m1/s1. The van der Waals surface area contributed by atoms with Gasteiger partial charge in [-0.2, -0.15) is 17.9 Å². The first kappa shape index (κ1) is 29.6. The van der Waals surface area contributed by atoms with Crippen molar-refractivity contribution in [2.24, 2.45) is 5.92 Å². The van der Waals surface area contributed by atoms with Crippen molar-refractivity contribution >= 4 is 6.16 Å². The lowest BCUT2D eigenvalue weighted by Gasteiger charge is -2.56. The molecule has 13 heteroatoms. The lowest BCUT2D eigenvalue weighted by Crippen LogP contribution is -2.69. The number of carbonyl (C=O) groups is 1. The number of carboxylic acid groups (broad SMARTS) is 1. The maximum atomic E-state index is 13.6. The molecule has 1 aromatic heterocycles. The number of hydrogen-bond acceptors (Lipinski definition) is 8. The molecule has 7 rings (SSSR count). The summed E-state index contributed by atoms with van der Waals surface area (Å²) in [5, 5.41) is 23.1. The summed E-state index contributed by atoms with van der Waals surface area (Å²) in [6.07, 6.45) is -5.88. The Hall–Kier alpha value is -4.49. The van der Waals surface area contributed by atoms with E-state index in [1.807, 2.05) is 36.4 Å². The molecule has 0 aliphatic carbocycles. The van der Waals surface area contributed by atoms with E-state index in [4.69, 9.17) is 9.47 Å². The third-order valence-corrected chi connectivity index (χ3v) is 8.56. The molecule has 3 aliphatic rings. The van der Waals surface area contributed by atoms with Crippen LogP contribution in [0.5, 0.6) is 5.75 Å². The van der Waals surface area contributed by atoms with Crippen LogP contribution >= 0.6 is 0 Å². The molecule has 230 valence electrons. The molecule has 3 saturated heterocycles. The van der Waals surface area contributed by atoms with Crippen molar-refractivity contribution in [3.8, 4) is 11.4 Å². The molecule has 44 heavy (non-hydrogen) atoms. The Labute approximate surface area is 251 Å². The summed E-state index contributed by atoms with van der Waals surface area (Å²) in [5.74, 6) is -0.947. The number of aromatic nitrogens is 4. The second-order valence-corrected chi connectivity index (χ2v) is 11.0. The highest BCUT2D eigenvalue weighted by Crippen LogP contribution is 2.43. The molecule has 0 spiro atoms. The molecule has 2 N–H and O–H groups in total. The van der Waals surface area contributed by atoms with E-state index in [1.165, 1.54) is 13.2 Å². The highest BCUT2D eigenvalue weighted by molar-refractivity contribution is 5.57. The molecule has 10 nitrogen and oxygen atoms in total. The molecule has 4 aromatic rings. The van der Waals surface area contributed by atoms with Gasteiger partial charge in [0, 0.05) is 42.6 Å². The van der Waals surface area contributed by atoms with Crippen molar-refractivity contribution in [1.29, 1.82) is 0 Å². The van der Waals surface area contributed by atoms with E-state index in [0.29, 0.717) is 22.5 Å². The number of rotatable bonds is 9. The zero-order chi connectivity index (χ0) is 30.8. The van der Waals surface area contributed by atoms with Gasteiger partial charge in [-0.15, -0.1) is 5.10 Å². The first-order chi connectivity index (χ1) is 21.2.